The predicted molar refractivity (Wildman–Crippen MR) is 56.1 cm³/mol. The Morgan fingerprint density at radius 2 is 2.12 bits per heavy atom. The number of alkyl halides is 3. The summed E-state index contributed by atoms with van der Waals surface area (Å²) >= 11 is 0. The second kappa shape index (κ2) is 6.02. The number of aromatic nitrogens is 2. The predicted octanol–water partition coefficient (Wildman–Crippen LogP) is 2.05. The maximum atomic E-state index is 11.8. The number of hydroxylamine groups is 1. The van der Waals surface area contributed by atoms with Crippen molar-refractivity contribution in [2.45, 2.75) is 39.5 Å². The van der Waals surface area contributed by atoms with Crippen molar-refractivity contribution in [3.63, 3.8) is 0 Å². The lowest BCUT2D eigenvalue weighted by molar-refractivity contribution is -0.190. The van der Waals surface area contributed by atoms with Crippen LogP contribution >= 0.6 is 0 Å². The second-order valence-electron chi connectivity index (χ2n) is 3.52. The van der Waals surface area contributed by atoms with E-state index in [-0.39, 0.29) is 6.54 Å². The van der Waals surface area contributed by atoms with Gasteiger partial charge in [0.2, 0.25) is 0 Å². The molecule has 7 heteroatoms. The summed E-state index contributed by atoms with van der Waals surface area (Å²) in [5, 5.41) is 4.27. The highest BCUT2D eigenvalue weighted by Gasteiger charge is 2.27. The van der Waals surface area contributed by atoms with Crippen LogP contribution in [0.3, 0.4) is 0 Å². The van der Waals surface area contributed by atoms with E-state index in [1.807, 2.05) is 19.9 Å². The molecule has 17 heavy (non-hydrogen) atoms. The number of hydrogen-bond donors (Lipinski definition) is 1. The summed E-state index contributed by atoms with van der Waals surface area (Å²) in [7, 11) is 0. The summed E-state index contributed by atoms with van der Waals surface area (Å²) in [6, 6.07) is 1.85. The Bertz CT molecular complexity index is 349. The van der Waals surface area contributed by atoms with Gasteiger partial charge in [-0.2, -0.15) is 23.8 Å². The number of nitrogens with one attached hydrogen (secondary N) is 1. The third-order valence-electron chi connectivity index (χ3n) is 2.17. The molecule has 0 saturated carbocycles. The molecular formula is C10H16F3N3O. The van der Waals surface area contributed by atoms with Crippen LogP contribution in [0.4, 0.5) is 13.2 Å². The lowest BCUT2D eigenvalue weighted by Gasteiger charge is -2.09. The highest BCUT2D eigenvalue weighted by Crippen LogP contribution is 2.13. The summed E-state index contributed by atoms with van der Waals surface area (Å²) < 4.78 is 37.1. The Labute approximate surface area is 97.7 Å². The van der Waals surface area contributed by atoms with Crippen molar-refractivity contribution in [2.75, 3.05) is 6.61 Å². The molecule has 0 aliphatic rings. The molecule has 1 heterocycles. The van der Waals surface area contributed by atoms with Gasteiger partial charge >= 0.3 is 6.18 Å². The van der Waals surface area contributed by atoms with Crippen molar-refractivity contribution >= 4 is 0 Å². The van der Waals surface area contributed by atoms with E-state index in [1.165, 1.54) is 0 Å². The van der Waals surface area contributed by atoms with Crippen molar-refractivity contribution in [1.82, 2.24) is 15.3 Å². The van der Waals surface area contributed by atoms with Crippen molar-refractivity contribution in [2.24, 2.45) is 0 Å². The first-order valence-electron chi connectivity index (χ1n) is 5.43. The van der Waals surface area contributed by atoms with Crippen molar-refractivity contribution in [3.05, 3.63) is 17.5 Å². The monoisotopic (exact) mass is 251 g/mol. The summed E-state index contributed by atoms with van der Waals surface area (Å²) in [5.74, 6) is 0. The molecule has 98 valence electrons. The fraction of sp³-hybridized carbons (Fsp3) is 0.700. The van der Waals surface area contributed by atoms with Crippen LogP contribution < -0.4 is 5.48 Å². The summed E-state index contributed by atoms with van der Waals surface area (Å²) in [4.78, 5) is 4.33. The van der Waals surface area contributed by atoms with E-state index in [9.17, 15) is 13.2 Å². The first-order valence-corrected chi connectivity index (χ1v) is 5.43. The van der Waals surface area contributed by atoms with Gasteiger partial charge in [-0.1, -0.05) is 6.92 Å². The van der Waals surface area contributed by atoms with Crippen LogP contribution in [-0.4, -0.2) is 22.6 Å². The van der Waals surface area contributed by atoms with Crippen LogP contribution in [-0.2, 0) is 24.3 Å². The minimum Gasteiger partial charge on any atom is -0.292 e. The molecule has 0 radical (unpaired) electrons. The van der Waals surface area contributed by atoms with Crippen LogP contribution in [0, 0.1) is 0 Å². The second-order valence-corrected chi connectivity index (χ2v) is 3.52. The quantitative estimate of drug-likeness (QED) is 0.621. The van der Waals surface area contributed by atoms with E-state index in [4.69, 9.17) is 0 Å². The average molecular weight is 251 g/mol. The molecule has 0 bridgehead atoms. The van der Waals surface area contributed by atoms with Gasteiger partial charge in [0.05, 0.1) is 17.9 Å². The van der Waals surface area contributed by atoms with Crippen molar-refractivity contribution in [3.8, 4) is 0 Å². The van der Waals surface area contributed by atoms with Crippen LogP contribution in [0.2, 0.25) is 0 Å². The molecule has 0 spiro atoms. The molecular weight excluding hydrogens is 235 g/mol. The van der Waals surface area contributed by atoms with Gasteiger partial charge in [0, 0.05) is 6.54 Å². The Kier molecular flexibility index (Phi) is 4.95. The third-order valence-corrected chi connectivity index (χ3v) is 2.17. The van der Waals surface area contributed by atoms with Crippen LogP contribution in [0.25, 0.3) is 0 Å². The zero-order chi connectivity index (χ0) is 12.9. The Balaban J connectivity index is 2.43. The maximum absolute atomic E-state index is 11.8. The molecule has 1 rings (SSSR count). The molecule has 0 amide bonds. The van der Waals surface area contributed by atoms with Gasteiger partial charge in [0.25, 0.3) is 0 Å². The van der Waals surface area contributed by atoms with Gasteiger partial charge < -0.3 is 0 Å². The third kappa shape index (κ3) is 4.74. The van der Waals surface area contributed by atoms with E-state index in [2.05, 4.69) is 15.4 Å². The fourth-order valence-corrected chi connectivity index (χ4v) is 1.36. The number of rotatable bonds is 6. The van der Waals surface area contributed by atoms with E-state index in [0.29, 0.717) is 6.54 Å². The van der Waals surface area contributed by atoms with Crippen LogP contribution in [0.5, 0.6) is 0 Å². The SMILES string of the molecule is CCc1cc(CNOCC(F)(F)F)n(CC)n1. The van der Waals surface area contributed by atoms with Crippen molar-refractivity contribution < 1.29 is 18.0 Å². The molecule has 0 aliphatic heterocycles. The van der Waals surface area contributed by atoms with Gasteiger partial charge in [0.15, 0.2) is 6.61 Å². The average Bonchev–Trinajstić information content (AvgIpc) is 2.65. The number of nitrogens with zero attached hydrogens (tertiary/aromatic N) is 2. The zero-order valence-corrected chi connectivity index (χ0v) is 9.84. The van der Waals surface area contributed by atoms with E-state index < -0.39 is 12.8 Å². The topological polar surface area (TPSA) is 39.1 Å². The molecule has 0 fully saturated rings. The van der Waals surface area contributed by atoms with E-state index in [0.717, 1.165) is 17.8 Å². The van der Waals surface area contributed by atoms with Gasteiger partial charge in [-0.15, -0.1) is 0 Å². The first kappa shape index (κ1) is 14.0. The molecule has 0 aliphatic carbocycles. The summed E-state index contributed by atoms with van der Waals surface area (Å²) in [5.41, 5.74) is 4.02. The molecule has 4 nitrogen and oxygen atoms in total. The number of hydrogen-bond acceptors (Lipinski definition) is 3. The first-order chi connectivity index (χ1) is 7.96. The van der Waals surface area contributed by atoms with E-state index in [1.54, 1.807) is 4.68 Å². The molecule has 0 unspecified atom stereocenters. The molecule has 1 aromatic rings. The highest BCUT2D eigenvalue weighted by atomic mass is 19.4. The van der Waals surface area contributed by atoms with Gasteiger partial charge in [-0.3, -0.25) is 9.52 Å². The Hall–Kier alpha value is -1.08. The molecule has 1 aromatic heterocycles. The Morgan fingerprint density at radius 1 is 1.41 bits per heavy atom. The molecule has 1 N–H and O–H groups in total. The normalized spacial score (nSPS) is 12.1. The van der Waals surface area contributed by atoms with Gasteiger partial charge in [-0.05, 0) is 19.4 Å². The van der Waals surface area contributed by atoms with Crippen LogP contribution in [0.1, 0.15) is 25.2 Å². The largest absolute Gasteiger partial charge is 0.413 e. The standard InChI is InChI=1S/C10H16F3N3O/c1-3-8-5-9(16(4-2)15-8)6-14-17-7-10(11,12)13/h5,14H,3-4,6-7H2,1-2H3. The minimum atomic E-state index is -4.31. The van der Waals surface area contributed by atoms with E-state index >= 15 is 0 Å². The fourth-order valence-electron chi connectivity index (χ4n) is 1.36. The lowest BCUT2D eigenvalue weighted by atomic mass is 10.3. The highest BCUT2D eigenvalue weighted by molar-refractivity contribution is 5.10. The van der Waals surface area contributed by atoms with Crippen molar-refractivity contribution in [1.29, 1.82) is 0 Å². The molecule has 0 aromatic carbocycles. The number of halogens is 3. The number of aryl methyl sites for hydroxylation is 2. The Morgan fingerprint density at radius 3 is 2.65 bits per heavy atom. The minimum absolute atomic E-state index is 0.205. The van der Waals surface area contributed by atoms with Crippen LogP contribution in [0.15, 0.2) is 6.07 Å². The zero-order valence-electron chi connectivity index (χ0n) is 9.84. The summed E-state index contributed by atoms with van der Waals surface area (Å²) in [6.45, 7) is 3.48. The summed E-state index contributed by atoms with van der Waals surface area (Å²) in [6.07, 6.45) is -3.52. The molecule has 0 atom stereocenters. The molecule has 0 saturated heterocycles. The van der Waals surface area contributed by atoms with Gasteiger partial charge in [0.1, 0.15) is 0 Å². The smallest absolute Gasteiger partial charge is 0.292 e. The maximum Gasteiger partial charge on any atom is 0.413 e. The van der Waals surface area contributed by atoms with Gasteiger partial charge in [-0.25, -0.2) is 0 Å². The lowest BCUT2D eigenvalue weighted by Crippen LogP contribution is -2.25.